The molecule has 0 aliphatic rings. The number of sulfonamides is 1. The molecule has 0 aliphatic heterocycles. The van der Waals surface area contributed by atoms with Crippen molar-refractivity contribution in [3.05, 3.63) is 28.0 Å². The summed E-state index contributed by atoms with van der Waals surface area (Å²) in [5, 5.41) is 6.21. The Labute approximate surface area is 113 Å². The van der Waals surface area contributed by atoms with E-state index < -0.39 is 27.1 Å². The molecule has 0 saturated carbocycles. The van der Waals surface area contributed by atoms with Crippen molar-refractivity contribution < 1.29 is 22.7 Å². The molecular formula is C9H8Cl2FNO4S. The molecule has 0 heterocycles. The summed E-state index contributed by atoms with van der Waals surface area (Å²) in [4.78, 5) is 10.6. The van der Waals surface area contributed by atoms with E-state index in [1.165, 1.54) is 0 Å². The number of aliphatic carboxylic acids is 1. The first-order chi connectivity index (χ1) is 8.15. The maximum atomic E-state index is 13.1. The highest BCUT2D eigenvalue weighted by Gasteiger charge is 2.27. The van der Waals surface area contributed by atoms with Gasteiger partial charge in [-0.05, 0) is 19.1 Å². The van der Waals surface area contributed by atoms with E-state index in [2.05, 4.69) is 0 Å². The van der Waals surface area contributed by atoms with Gasteiger partial charge in [0.2, 0.25) is 10.0 Å². The van der Waals surface area contributed by atoms with Crippen LogP contribution < -0.4 is 4.72 Å². The number of carboxylic acid groups (broad SMARTS) is 1. The molecule has 1 rings (SSSR count). The Bertz CT molecular complexity index is 567. The minimum absolute atomic E-state index is 0.112. The molecule has 18 heavy (non-hydrogen) atoms. The average Bonchev–Trinajstić information content (AvgIpc) is 2.23. The lowest BCUT2D eigenvalue weighted by Gasteiger charge is -2.12. The van der Waals surface area contributed by atoms with Crippen LogP contribution in [0.1, 0.15) is 6.92 Å². The number of rotatable bonds is 4. The van der Waals surface area contributed by atoms with E-state index in [4.69, 9.17) is 28.3 Å². The van der Waals surface area contributed by atoms with Crippen LogP contribution in [0.25, 0.3) is 0 Å². The van der Waals surface area contributed by atoms with E-state index in [0.717, 1.165) is 19.1 Å². The van der Waals surface area contributed by atoms with Gasteiger partial charge in [-0.1, -0.05) is 23.2 Å². The Morgan fingerprint density at radius 2 is 1.83 bits per heavy atom. The van der Waals surface area contributed by atoms with Crippen molar-refractivity contribution >= 4 is 44.9 Å². The molecule has 0 fully saturated rings. The van der Waals surface area contributed by atoms with Gasteiger partial charge in [0.15, 0.2) is 11.1 Å². The highest BCUT2D eigenvalue weighted by molar-refractivity contribution is 7.94. The standard InChI is InChI=1S/C9H8Cl2FNO4S/c1-4(9(14)15)18(16,17)13-5-2-6(10)8(12)7(11)3-5/h2-4,13H,1H3,(H,14,15). The minimum atomic E-state index is -4.15. The molecule has 1 aromatic rings. The van der Waals surface area contributed by atoms with Crippen molar-refractivity contribution in [2.24, 2.45) is 0 Å². The zero-order chi connectivity index (χ0) is 14.1. The summed E-state index contributed by atoms with van der Waals surface area (Å²) in [6.45, 7) is 0.997. The number of hydrogen-bond donors (Lipinski definition) is 2. The Morgan fingerprint density at radius 1 is 1.39 bits per heavy atom. The molecule has 0 amide bonds. The molecule has 0 bridgehead atoms. The van der Waals surface area contributed by atoms with Crippen LogP contribution in [0, 0.1) is 5.82 Å². The predicted octanol–water partition coefficient (Wildman–Crippen LogP) is 2.35. The summed E-state index contributed by atoms with van der Waals surface area (Å²) in [6, 6.07) is 1.99. The van der Waals surface area contributed by atoms with Crippen molar-refractivity contribution in [1.29, 1.82) is 0 Å². The van der Waals surface area contributed by atoms with Gasteiger partial charge >= 0.3 is 5.97 Å². The zero-order valence-corrected chi connectivity index (χ0v) is 11.3. The van der Waals surface area contributed by atoms with Crippen molar-refractivity contribution in [2.45, 2.75) is 12.2 Å². The second-order valence-corrected chi connectivity index (χ2v) is 6.20. The number of halogens is 3. The van der Waals surface area contributed by atoms with Gasteiger partial charge < -0.3 is 5.11 Å². The van der Waals surface area contributed by atoms with Crippen LogP contribution in [0.4, 0.5) is 10.1 Å². The molecule has 0 aromatic heterocycles. The quantitative estimate of drug-likeness (QED) is 0.835. The Kier molecular flexibility index (Phi) is 4.41. The summed E-state index contributed by atoms with van der Waals surface area (Å²) in [6.07, 6.45) is 0. The maximum absolute atomic E-state index is 13.1. The molecule has 1 unspecified atom stereocenters. The molecular weight excluding hydrogens is 308 g/mol. The topological polar surface area (TPSA) is 83.5 Å². The monoisotopic (exact) mass is 315 g/mol. The third-order valence-corrected chi connectivity index (χ3v) is 4.26. The fourth-order valence-electron chi connectivity index (χ4n) is 1.000. The SMILES string of the molecule is CC(C(=O)O)S(=O)(=O)Nc1cc(Cl)c(F)c(Cl)c1. The predicted molar refractivity (Wildman–Crippen MR) is 66.1 cm³/mol. The smallest absolute Gasteiger partial charge is 0.323 e. The summed E-state index contributed by atoms with van der Waals surface area (Å²) < 4.78 is 38.2. The van der Waals surface area contributed by atoms with Crippen LogP contribution in [0.15, 0.2) is 12.1 Å². The minimum Gasteiger partial charge on any atom is -0.480 e. The van der Waals surface area contributed by atoms with Gasteiger partial charge in [-0.25, -0.2) is 12.8 Å². The van der Waals surface area contributed by atoms with E-state index in [9.17, 15) is 17.6 Å². The van der Waals surface area contributed by atoms with Crippen LogP contribution in [0.5, 0.6) is 0 Å². The molecule has 0 spiro atoms. The molecule has 100 valence electrons. The molecule has 0 aliphatic carbocycles. The van der Waals surface area contributed by atoms with Crippen molar-refractivity contribution in [3.63, 3.8) is 0 Å². The zero-order valence-electron chi connectivity index (χ0n) is 8.95. The largest absolute Gasteiger partial charge is 0.480 e. The van der Waals surface area contributed by atoms with Crippen LogP contribution in [0.3, 0.4) is 0 Å². The molecule has 1 atom stereocenters. The number of benzene rings is 1. The molecule has 1 aromatic carbocycles. The third-order valence-electron chi connectivity index (χ3n) is 2.06. The van der Waals surface area contributed by atoms with Crippen LogP contribution >= 0.6 is 23.2 Å². The third kappa shape index (κ3) is 3.24. The van der Waals surface area contributed by atoms with Gasteiger partial charge in [0.1, 0.15) is 0 Å². The first-order valence-electron chi connectivity index (χ1n) is 4.54. The summed E-state index contributed by atoms with van der Waals surface area (Å²) in [5.41, 5.74) is -0.112. The van der Waals surface area contributed by atoms with E-state index in [0.29, 0.717) is 0 Å². The molecule has 2 N–H and O–H groups in total. The van der Waals surface area contributed by atoms with E-state index >= 15 is 0 Å². The van der Waals surface area contributed by atoms with Crippen LogP contribution in [-0.2, 0) is 14.8 Å². The summed E-state index contributed by atoms with van der Waals surface area (Å²) in [7, 11) is -4.15. The lowest BCUT2D eigenvalue weighted by Crippen LogP contribution is -2.32. The van der Waals surface area contributed by atoms with Crippen molar-refractivity contribution in [3.8, 4) is 0 Å². The normalized spacial score (nSPS) is 13.1. The van der Waals surface area contributed by atoms with Gasteiger partial charge in [-0.2, -0.15) is 0 Å². The molecule has 0 saturated heterocycles. The van der Waals surface area contributed by atoms with Crippen molar-refractivity contribution in [2.75, 3.05) is 4.72 Å². The number of hydrogen-bond acceptors (Lipinski definition) is 3. The van der Waals surface area contributed by atoms with Crippen LogP contribution in [-0.4, -0.2) is 24.7 Å². The number of anilines is 1. The highest BCUT2D eigenvalue weighted by atomic mass is 35.5. The Morgan fingerprint density at radius 3 is 2.22 bits per heavy atom. The summed E-state index contributed by atoms with van der Waals surface area (Å²) >= 11 is 11.0. The Balaban J connectivity index is 3.09. The first kappa shape index (κ1) is 15.0. The number of nitrogens with one attached hydrogen (secondary N) is 1. The molecule has 0 radical (unpaired) electrons. The Hall–Kier alpha value is -1.05. The first-order valence-corrected chi connectivity index (χ1v) is 6.84. The van der Waals surface area contributed by atoms with Crippen molar-refractivity contribution in [1.82, 2.24) is 0 Å². The fraction of sp³-hybridized carbons (Fsp3) is 0.222. The molecule has 5 nitrogen and oxygen atoms in total. The van der Waals surface area contributed by atoms with Crippen LogP contribution in [0.2, 0.25) is 10.0 Å². The van der Waals surface area contributed by atoms with E-state index in [1.807, 2.05) is 4.72 Å². The number of carboxylic acids is 1. The fourth-order valence-corrected chi connectivity index (χ4v) is 2.38. The second kappa shape index (κ2) is 5.29. The van der Waals surface area contributed by atoms with Gasteiger partial charge in [-0.15, -0.1) is 0 Å². The molecule has 9 heteroatoms. The maximum Gasteiger partial charge on any atom is 0.323 e. The van der Waals surface area contributed by atoms with E-state index in [-0.39, 0.29) is 15.7 Å². The second-order valence-electron chi connectivity index (χ2n) is 3.38. The van der Waals surface area contributed by atoms with Gasteiger partial charge in [-0.3, -0.25) is 9.52 Å². The average molecular weight is 316 g/mol. The highest BCUT2D eigenvalue weighted by Crippen LogP contribution is 2.28. The van der Waals surface area contributed by atoms with E-state index in [1.54, 1.807) is 0 Å². The van der Waals surface area contributed by atoms with Gasteiger partial charge in [0.25, 0.3) is 0 Å². The lowest BCUT2D eigenvalue weighted by molar-refractivity contribution is -0.136. The number of carbonyl (C=O) groups is 1. The lowest BCUT2D eigenvalue weighted by atomic mass is 10.3. The summed E-state index contributed by atoms with van der Waals surface area (Å²) in [5.74, 6) is -2.39. The van der Waals surface area contributed by atoms with Gasteiger partial charge in [0.05, 0.1) is 15.7 Å². The van der Waals surface area contributed by atoms with Gasteiger partial charge in [0, 0.05) is 0 Å².